The lowest BCUT2D eigenvalue weighted by molar-refractivity contribution is -0.142. The van der Waals surface area contributed by atoms with Crippen molar-refractivity contribution in [3.63, 3.8) is 0 Å². The van der Waals surface area contributed by atoms with E-state index in [1.165, 1.54) is 9.75 Å². The van der Waals surface area contributed by atoms with E-state index in [1.807, 2.05) is 28.4 Å². The van der Waals surface area contributed by atoms with Crippen LogP contribution in [0.5, 0.6) is 0 Å². The second-order valence-electron chi connectivity index (χ2n) is 7.60. The molecule has 0 spiro atoms. The number of halogens is 1. The molecule has 4 rings (SSSR count). The average Bonchev–Trinajstić information content (AvgIpc) is 3.35. The maximum absolute atomic E-state index is 13.2. The quantitative estimate of drug-likeness (QED) is 0.672. The summed E-state index contributed by atoms with van der Waals surface area (Å²) in [5.41, 5.74) is 0.821. The van der Waals surface area contributed by atoms with Gasteiger partial charge >= 0.3 is 5.97 Å². The summed E-state index contributed by atoms with van der Waals surface area (Å²) >= 11 is 7.83. The number of aryl methyl sites for hydroxylation is 1. The number of hydrogen-bond donors (Lipinski definition) is 0. The number of ether oxygens (including phenoxy) is 1. The van der Waals surface area contributed by atoms with E-state index in [2.05, 4.69) is 24.0 Å². The van der Waals surface area contributed by atoms with Gasteiger partial charge in [-0.3, -0.25) is 14.5 Å². The molecule has 7 heteroatoms. The van der Waals surface area contributed by atoms with Crippen LogP contribution in [-0.4, -0.2) is 47.9 Å². The Morgan fingerprint density at radius 3 is 2.45 bits per heavy atom. The minimum atomic E-state index is -0.524. The van der Waals surface area contributed by atoms with Crippen LogP contribution in [-0.2, 0) is 27.3 Å². The van der Waals surface area contributed by atoms with Crippen LogP contribution in [0.1, 0.15) is 34.8 Å². The molecule has 0 aliphatic carbocycles. The van der Waals surface area contributed by atoms with Crippen LogP contribution >= 0.6 is 22.9 Å². The summed E-state index contributed by atoms with van der Waals surface area (Å²) < 4.78 is 5.49. The van der Waals surface area contributed by atoms with E-state index in [0.29, 0.717) is 18.1 Å². The summed E-state index contributed by atoms with van der Waals surface area (Å²) in [5.74, 6) is -0.758. The van der Waals surface area contributed by atoms with E-state index in [4.69, 9.17) is 16.3 Å². The number of nitrogens with zero attached hydrogens (tertiary/aromatic N) is 2. The van der Waals surface area contributed by atoms with Crippen LogP contribution < -0.4 is 0 Å². The molecule has 1 aromatic carbocycles. The van der Waals surface area contributed by atoms with E-state index >= 15 is 0 Å². The third kappa shape index (κ3) is 4.65. The average molecular weight is 433 g/mol. The van der Waals surface area contributed by atoms with Crippen molar-refractivity contribution in [3.05, 3.63) is 56.7 Å². The topological polar surface area (TPSA) is 49.9 Å². The van der Waals surface area contributed by atoms with Crippen molar-refractivity contribution in [2.24, 2.45) is 5.92 Å². The van der Waals surface area contributed by atoms with Gasteiger partial charge in [-0.15, -0.1) is 11.3 Å². The van der Waals surface area contributed by atoms with Crippen molar-refractivity contribution in [1.82, 2.24) is 9.80 Å². The molecular weight excluding hydrogens is 408 g/mol. The second-order valence-corrected chi connectivity index (χ2v) is 9.28. The summed E-state index contributed by atoms with van der Waals surface area (Å²) in [6.45, 7) is 6.17. The summed E-state index contributed by atoms with van der Waals surface area (Å²) in [6.07, 6.45) is 0.689. The lowest BCUT2D eigenvalue weighted by Crippen LogP contribution is -2.50. The summed E-state index contributed by atoms with van der Waals surface area (Å²) in [6, 6.07) is 11.6. The van der Waals surface area contributed by atoms with Crippen molar-refractivity contribution >= 4 is 34.8 Å². The van der Waals surface area contributed by atoms with Crippen LogP contribution in [0.25, 0.3) is 0 Å². The molecule has 2 aliphatic heterocycles. The minimum Gasteiger partial charge on any atom is -0.457 e. The molecule has 2 atom stereocenters. The van der Waals surface area contributed by atoms with Crippen molar-refractivity contribution < 1.29 is 14.3 Å². The first-order valence-electron chi connectivity index (χ1n) is 10.1. The van der Waals surface area contributed by atoms with Gasteiger partial charge in [0.15, 0.2) is 0 Å². The van der Waals surface area contributed by atoms with Crippen LogP contribution in [0.2, 0.25) is 5.02 Å². The maximum Gasteiger partial charge on any atom is 0.307 e. The van der Waals surface area contributed by atoms with Gasteiger partial charge in [0.05, 0.1) is 12.3 Å². The fraction of sp³-hybridized carbons (Fsp3) is 0.455. The number of rotatable bonds is 5. The number of carbonyl (C=O) groups excluding carboxylic acids is 2. The molecule has 0 unspecified atom stereocenters. The molecule has 2 fully saturated rings. The zero-order valence-electron chi connectivity index (χ0n) is 16.5. The number of carbonyl (C=O) groups is 2. The van der Waals surface area contributed by atoms with Crippen LogP contribution in [0.3, 0.4) is 0 Å². The van der Waals surface area contributed by atoms with E-state index in [0.717, 1.165) is 31.6 Å². The van der Waals surface area contributed by atoms with Gasteiger partial charge in [-0.2, -0.15) is 0 Å². The third-order valence-corrected chi connectivity index (χ3v) is 7.12. The Morgan fingerprint density at radius 1 is 1.10 bits per heavy atom. The number of hydrogen-bond acceptors (Lipinski definition) is 5. The Bertz CT molecular complexity index is 874. The summed E-state index contributed by atoms with van der Waals surface area (Å²) in [5, 5.41) is 0.619. The van der Waals surface area contributed by atoms with Crippen LogP contribution in [0.15, 0.2) is 36.4 Å². The Kier molecular flexibility index (Phi) is 6.23. The van der Waals surface area contributed by atoms with Crippen LogP contribution in [0, 0.1) is 5.92 Å². The third-order valence-electron chi connectivity index (χ3n) is 5.66. The Balaban J connectivity index is 1.36. The Labute approximate surface area is 180 Å². The van der Waals surface area contributed by atoms with Gasteiger partial charge in [0, 0.05) is 47.5 Å². The van der Waals surface area contributed by atoms with Crippen molar-refractivity contribution in [2.75, 3.05) is 26.2 Å². The lowest BCUT2D eigenvalue weighted by atomic mass is 9.93. The molecule has 2 aromatic rings. The molecule has 2 saturated heterocycles. The molecule has 1 aromatic heterocycles. The molecular formula is C22H25ClN2O3S. The van der Waals surface area contributed by atoms with Gasteiger partial charge in [0.25, 0.3) is 0 Å². The summed E-state index contributed by atoms with van der Waals surface area (Å²) in [4.78, 5) is 32.2. The first-order chi connectivity index (χ1) is 14.0. The monoisotopic (exact) mass is 432 g/mol. The van der Waals surface area contributed by atoms with Gasteiger partial charge < -0.3 is 9.64 Å². The van der Waals surface area contributed by atoms with Crippen LogP contribution in [0.4, 0.5) is 0 Å². The SMILES string of the molecule is CCc1ccc(CN2CCN(C(=O)[C@H]3CC(=O)O[C@@H]3c3ccc(Cl)cc3)CC2)s1. The van der Waals surface area contributed by atoms with Crippen molar-refractivity contribution in [1.29, 1.82) is 0 Å². The standard InChI is InChI=1S/C22H25ClN2O3S/c1-2-17-7-8-18(29-17)14-24-9-11-25(12-10-24)22(27)19-13-20(26)28-21(19)15-3-5-16(23)6-4-15/h3-8,19,21H,2,9-14H2,1H3/t19-,21+/m0/s1. The number of thiophene rings is 1. The number of piperazine rings is 1. The molecule has 5 nitrogen and oxygen atoms in total. The molecule has 1 amide bonds. The zero-order valence-corrected chi connectivity index (χ0v) is 18.0. The molecule has 0 saturated carbocycles. The predicted molar refractivity (Wildman–Crippen MR) is 114 cm³/mol. The van der Waals surface area contributed by atoms with Crippen molar-refractivity contribution in [2.45, 2.75) is 32.4 Å². The zero-order chi connectivity index (χ0) is 20.4. The first-order valence-corrected chi connectivity index (χ1v) is 11.3. The lowest BCUT2D eigenvalue weighted by Gasteiger charge is -2.36. The fourth-order valence-electron chi connectivity index (χ4n) is 4.01. The second kappa shape index (κ2) is 8.86. The highest BCUT2D eigenvalue weighted by Crippen LogP contribution is 2.37. The Morgan fingerprint density at radius 2 is 1.79 bits per heavy atom. The van der Waals surface area contributed by atoms with Gasteiger partial charge in [-0.1, -0.05) is 30.7 Å². The highest BCUT2D eigenvalue weighted by Gasteiger charge is 2.43. The number of esters is 1. The number of benzene rings is 1. The molecule has 29 heavy (non-hydrogen) atoms. The fourth-order valence-corrected chi connectivity index (χ4v) is 5.13. The molecule has 154 valence electrons. The van der Waals surface area contributed by atoms with Crippen molar-refractivity contribution in [3.8, 4) is 0 Å². The smallest absolute Gasteiger partial charge is 0.307 e. The summed E-state index contributed by atoms with van der Waals surface area (Å²) in [7, 11) is 0. The molecule has 0 bridgehead atoms. The minimum absolute atomic E-state index is 0.0137. The number of amides is 1. The highest BCUT2D eigenvalue weighted by atomic mass is 35.5. The van der Waals surface area contributed by atoms with E-state index in [-0.39, 0.29) is 18.3 Å². The predicted octanol–water partition coefficient (Wildman–Crippen LogP) is 3.91. The van der Waals surface area contributed by atoms with E-state index in [9.17, 15) is 9.59 Å². The van der Waals surface area contributed by atoms with Gasteiger partial charge in [-0.25, -0.2) is 0 Å². The van der Waals surface area contributed by atoms with E-state index in [1.54, 1.807) is 12.1 Å². The molecule has 2 aliphatic rings. The Hall–Kier alpha value is -1.89. The van der Waals surface area contributed by atoms with E-state index < -0.39 is 12.0 Å². The largest absolute Gasteiger partial charge is 0.457 e. The molecule has 0 N–H and O–H groups in total. The number of cyclic esters (lactones) is 1. The van der Waals surface area contributed by atoms with Gasteiger partial charge in [-0.05, 0) is 36.2 Å². The normalized spacial score (nSPS) is 22.7. The van der Waals surface area contributed by atoms with Gasteiger partial charge in [0.1, 0.15) is 6.10 Å². The molecule has 3 heterocycles. The maximum atomic E-state index is 13.2. The first kappa shape index (κ1) is 20.4. The molecule has 0 radical (unpaired) electrons. The highest BCUT2D eigenvalue weighted by molar-refractivity contribution is 7.11. The van der Waals surface area contributed by atoms with Gasteiger partial charge in [0.2, 0.25) is 5.91 Å².